The van der Waals surface area contributed by atoms with Crippen molar-refractivity contribution in [2.24, 2.45) is 0 Å². The van der Waals surface area contributed by atoms with E-state index in [1.165, 1.54) is 0 Å². The fourth-order valence-electron chi connectivity index (χ4n) is 1.89. The van der Waals surface area contributed by atoms with Gasteiger partial charge in [-0.05, 0) is 18.6 Å². The summed E-state index contributed by atoms with van der Waals surface area (Å²) in [6, 6.07) is 9.31. The van der Waals surface area contributed by atoms with E-state index in [1.807, 2.05) is 30.3 Å². The molecule has 1 aromatic carbocycles. The first-order valence-corrected chi connectivity index (χ1v) is 7.40. The maximum absolute atomic E-state index is 13.2. The number of carbonyl (C=O) groups excluding carboxylic acids is 2. The van der Waals surface area contributed by atoms with Crippen LogP contribution in [0.2, 0.25) is 0 Å². The lowest BCUT2D eigenvalue weighted by Gasteiger charge is -2.08. The number of halogens is 1. The molecule has 0 aliphatic carbocycles. The minimum absolute atomic E-state index is 0.0870. The molecule has 25 heavy (non-hydrogen) atoms. The van der Waals surface area contributed by atoms with Gasteiger partial charge in [0.15, 0.2) is 0 Å². The zero-order chi connectivity index (χ0) is 18.9. The molecular formula is C18H19FO6. The quantitative estimate of drug-likeness (QED) is 0.648. The van der Waals surface area contributed by atoms with Crippen LogP contribution in [0.4, 0.5) is 4.39 Å². The number of alkyl halides is 1. The van der Waals surface area contributed by atoms with Gasteiger partial charge in [-0.25, -0.2) is 18.8 Å². The second-order valence-corrected chi connectivity index (χ2v) is 5.35. The summed E-state index contributed by atoms with van der Waals surface area (Å²) in [5.41, 5.74) is -1.07. The second kappa shape index (κ2) is 9.36. The summed E-state index contributed by atoms with van der Waals surface area (Å²) in [6.07, 6.45) is 2.89. The van der Waals surface area contributed by atoms with Gasteiger partial charge in [-0.3, -0.25) is 0 Å². The van der Waals surface area contributed by atoms with E-state index in [-0.39, 0.29) is 13.0 Å². The minimum Gasteiger partial charge on any atom is -0.478 e. The van der Waals surface area contributed by atoms with Crippen molar-refractivity contribution in [1.29, 1.82) is 0 Å². The molecule has 7 heteroatoms. The molecule has 0 bridgehead atoms. The normalized spacial score (nSPS) is 21.8. The summed E-state index contributed by atoms with van der Waals surface area (Å²) in [5.74, 6) is -2.44. The van der Waals surface area contributed by atoms with Crippen molar-refractivity contribution in [2.45, 2.75) is 25.1 Å². The van der Waals surface area contributed by atoms with Crippen LogP contribution in [0.5, 0.6) is 0 Å². The van der Waals surface area contributed by atoms with Gasteiger partial charge in [-0.2, -0.15) is 0 Å². The minimum atomic E-state index is -1.97. The molecule has 134 valence electrons. The molecule has 2 atom stereocenters. The Kier molecular flexibility index (Phi) is 7.52. The lowest BCUT2D eigenvalue weighted by Crippen LogP contribution is -2.23. The van der Waals surface area contributed by atoms with Crippen LogP contribution in [-0.2, 0) is 23.9 Å². The van der Waals surface area contributed by atoms with E-state index >= 15 is 0 Å². The predicted octanol–water partition coefficient (Wildman–Crippen LogP) is 2.54. The third-order valence-electron chi connectivity index (χ3n) is 3.11. The molecule has 1 aliphatic heterocycles. The second-order valence-electron chi connectivity index (χ2n) is 5.35. The maximum atomic E-state index is 13.2. The number of carboxylic acids is 1. The van der Waals surface area contributed by atoms with Crippen molar-refractivity contribution in [1.82, 2.24) is 0 Å². The Morgan fingerprint density at radius 3 is 2.56 bits per heavy atom. The molecule has 1 aliphatic rings. The Bertz CT molecular complexity index is 651. The fraction of sp³-hybridized carbons (Fsp3) is 0.278. The highest BCUT2D eigenvalue weighted by Gasteiger charge is 2.46. The Morgan fingerprint density at radius 1 is 1.44 bits per heavy atom. The summed E-state index contributed by atoms with van der Waals surface area (Å²) in [5, 5.41) is 8.29. The lowest BCUT2D eigenvalue weighted by atomic mass is 10.1. The van der Waals surface area contributed by atoms with E-state index in [9.17, 15) is 18.8 Å². The predicted molar refractivity (Wildman–Crippen MR) is 88.3 cm³/mol. The van der Waals surface area contributed by atoms with Crippen molar-refractivity contribution in [3.63, 3.8) is 0 Å². The van der Waals surface area contributed by atoms with Crippen LogP contribution in [0.1, 0.15) is 18.9 Å². The topological polar surface area (TPSA) is 89.9 Å². The van der Waals surface area contributed by atoms with Gasteiger partial charge in [0.05, 0.1) is 0 Å². The number of cyclic esters (lactones) is 1. The van der Waals surface area contributed by atoms with E-state index < -0.39 is 29.7 Å². The monoisotopic (exact) mass is 350 g/mol. The van der Waals surface area contributed by atoms with Gasteiger partial charge < -0.3 is 14.6 Å². The van der Waals surface area contributed by atoms with Crippen LogP contribution < -0.4 is 0 Å². The smallest absolute Gasteiger partial charge is 0.344 e. The molecule has 0 unspecified atom stereocenters. The van der Waals surface area contributed by atoms with Gasteiger partial charge in [0.1, 0.15) is 12.7 Å². The van der Waals surface area contributed by atoms with Gasteiger partial charge in [0.2, 0.25) is 5.67 Å². The first kappa shape index (κ1) is 20.1. The summed E-state index contributed by atoms with van der Waals surface area (Å²) >= 11 is 0. The molecule has 1 fully saturated rings. The number of hydrogen-bond donors (Lipinski definition) is 1. The van der Waals surface area contributed by atoms with Gasteiger partial charge >= 0.3 is 17.9 Å². The third-order valence-corrected chi connectivity index (χ3v) is 3.11. The average molecular weight is 350 g/mol. The van der Waals surface area contributed by atoms with Gasteiger partial charge in [0.25, 0.3) is 0 Å². The SMILES string of the molecule is C=CC(=O)OC[C@@H]1C[C@@](C)(F)C(=O)O1.O=C(O)/C=C/c1ccccc1. The van der Waals surface area contributed by atoms with Crippen LogP contribution >= 0.6 is 0 Å². The van der Waals surface area contributed by atoms with E-state index in [2.05, 4.69) is 16.1 Å². The molecule has 1 N–H and O–H groups in total. The van der Waals surface area contributed by atoms with Crippen molar-refractivity contribution >= 4 is 24.0 Å². The van der Waals surface area contributed by atoms with Crippen LogP contribution in [0.15, 0.2) is 49.1 Å². The van der Waals surface area contributed by atoms with Crippen molar-refractivity contribution < 1.29 is 33.4 Å². The first-order valence-electron chi connectivity index (χ1n) is 7.40. The van der Waals surface area contributed by atoms with Crippen LogP contribution in [0.25, 0.3) is 6.08 Å². The largest absolute Gasteiger partial charge is 0.478 e. The van der Waals surface area contributed by atoms with Crippen molar-refractivity contribution in [3.05, 3.63) is 54.6 Å². The number of ether oxygens (including phenoxy) is 2. The molecule has 1 saturated heterocycles. The Labute approximate surface area is 144 Å². The van der Waals surface area contributed by atoms with Gasteiger partial charge in [-0.1, -0.05) is 36.9 Å². The first-order chi connectivity index (χ1) is 11.7. The number of esters is 2. The van der Waals surface area contributed by atoms with Crippen LogP contribution in [0, 0.1) is 0 Å². The maximum Gasteiger partial charge on any atom is 0.344 e. The molecule has 6 nitrogen and oxygen atoms in total. The van der Waals surface area contributed by atoms with E-state index in [0.717, 1.165) is 24.6 Å². The Hall–Kier alpha value is -2.96. The molecule has 1 aromatic rings. The summed E-state index contributed by atoms with van der Waals surface area (Å²) < 4.78 is 22.5. The highest BCUT2D eigenvalue weighted by molar-refractivity contribution is 5.85. The van der Waals surface area contributed by atoms with Gasteiger partial charge in [0, 0.05) is 18.6 Å². The number of hydrogen-bond acceptors (Lipinski definition) is 5. The number of aliphatic carboxylic acids is 1. The lowest BCUT2D eigenvalue weighted by molar-refractivity contribution is -0.153. The summed E-state index contributed by atoms with van der Waals surface area (Å²) in [7, 11) is 0. The zero-order valence-corrected chi connectivity index (χ0v) is 13.7. The van der Waals surface area contributed by atoms with Crippen molar-refractivity contribution in [2.75, 3.05) is 6.61 Å². The number of carboxylic acid groups (broad SMARTS) is 1. The highest BCUT2D eigenvalue weighted by Crippen LogP contribution is 2.28. The van der Waals surface area contributed by atoms with Crippen molar-refractivity contribution in [3.8, 4) is 0 Å². The van der Waals surface area contributed by atoms with Crippen LogP contribution in [0.3, 0.4) is 0 Å². The molecule has 0 radical (unpaired) electrons. The molecule has 0 aromatic heterocycles. The van der Waals surface area contributed by atoms with E-state index in [1.54, 1.807) is 6.08 Å². The third kappa shape index (κ3) is 7.43. The van der Waals surface area contributed by atoms with E-state index in [4.69, 9.17) is 5.11 Å². The molecule has 0 saturated carbocycles. The molecular weight excluding hydrogens is 331 g/mol. The summed E-state index contributed by atoms with van der Waals surface area (Å²) in [6.45, 7) is 4.21. The molecule has 0 spiro atoms. The van der Waals surface area contributed by atoms with Crippen LogP contribution in [-0.4, -0.2) is 41.4 Å². The average Bonchev–Trinajstić information content (AvgIpc) is 2.84. The number of carbonyl (C=O) groups is 3. The highest BCUT2D eigenvalue weighted by atomic mass is 19.1. The summed E-state index contributed by atoms with van der Waals surface area (Å²) in [4.78, 5) is 31.6. The Balaban J connectivity index is 0.000000257. The standard InChI is InChI=1S/C9H11FO4.C9H8O2/c1-3-7(11)13-5-6-4-9(2,10)8(12)14-6;10-9(11)7-6-8-4-2-1-3-5-8/h3,6H,1,4-5H2,2H3;1-7H,(H,10,11)/b;7-6+/t6-,9+;/m0./s1. The zero-order valence-electron chi connectivity index (χ0n) is 13.7. The molecule has 1 heterocycles. The number of benzene rings is 1. The van der Waals surface area contributed by atoms with Gasteiger partial charge in [-0.15, -0.1) is 0 Å². The molecule has 0 amide bonds. The molecule has 2 rings (SSSR count). The number of rotatable bonds is 5. The fourth-order valence-corrected chi connectivity index (χ4v) is 1.89. The Morgan fingerprint density at radius 2 is 2.08 bits per heavy atom. The van der Waals surface area contributed by atoms with E-state index in [0.29, 0.717) is 0 Å².